The molecule has 0 unspecified atom stereocenters. The number of nitrogens with zero attached hydrogens (tertiary/aromatic N) is 1. The molecule has 0 saturated carbocycles. The molecule has 0 saturated heterocycles. The van der Waals surface area contributed by atoms with Crippen LogP contribution in [0.1, 0.15) is 10.4 Å². The molecule has 1 N–H and O–H groups in total. The van der Waals surface area contributed by atoms with Crippen LogP contribution in [-0.2, 0) is 0 Å². The van der Waals surface area contributed by atoms with Crippen molar-refractivity contribution in [1.82, 2.24) is 4.98 Å². The van der Waals surface area contributed by atoms with Crippen LogP contribution in [0.4, 0.5) is 5.69 Å². The van der Waals surface area contributed by atoms with E-state index in [9.17, 15) is 4.79 Å². The molecule has 6 heteroatoms. The van der Waals surface area contributed by atoms with Gasteiger partial charge in [0.15, 0.2) is 5.58 Å². The summed E-state index contributed by atoms with van der Waals surface area (Å²) in [6.45, 7) is 0. The van der Waals surface area contributed by atoms with Gasteiger partial charge in [-0.25, -0.2) is 4.98 Å². The number of aromatic nitrogens is 1. The first-order chi connectivity index (χ1) is 13.1. The number of halogens is 1. The molecule has 3 aromatic carbocycles. The summed E-state index contributed by atoms with van der Waals surface area (Å²) in [5, 5.41) is 2.88. The van der Waals surface area contributed by atoms with E-state index >= 15 is 0 Å². The number of benzene rings is 3. The SMILES string of the molecule is COc1ccccc1C(=O)Nc1ccc2oc(-c3cccc(I)c3)nc2c1. The number of hydrogen-bond donors (Lipinski definition) is 1. The number of para-hydroxylation sites is 1. The summed E-state index contributed by atoms with van der Waals surface area (Å²) in [6, 6.07) is 20.4. The van der Waals surface area contributed by atoms with Crippen molar-refractivity contribution < 1.29 is 13.9 Å². The number of carbonyl (C=O) groups is 1. The molecule has 27 heavy (non-hydrogen) atoms. The third kappa shape index (κ3) is 3.66. The maximum Gasteiger partial charge on any atom is 0.259 e. The Hall–Kier alpha value is -2.87. The number of amides is 1. The van der Waals surface area contributed by atoms with Crippen molar-refractivity contribution in [2.45, 2.75) is 0 Å². The second-order valence-corrected chi connectivity index (χ2v) is 7.11. The molecule has 134 valence electrons. The van der Waals surface area contributed by atoms with Gasteiger partial charge in [0.05, 0.1) is 12.7 Å². The van der Waals surface area contributed by atoms with Crippen molar-refractivity contribution in [2.75, 3.05) is 12.4 Å². The molecule has 4 rings (SSSR count). The Morgan fingerprint density at radius 1 is 1.07 bits per heavy atom. The molecule has 1 heterocycles. The zero-order valence-electron chi connectivity index (χ0n) is 14.4. The molecule has 0 spiro atoms. The number of fused-ring (bicyclic) bond motifs is 1. The molecule has 0 aliphatic rings. The molecule has 1 aromatic heterocycles. The van der Waals surface area contributed by atoms with Crippen LogP contribution in [0.25, 0.3) is 22.6 Å². The zero-order valence-corrected chi connectivity index (χ0v) is 16.6. The highest BCUT2D eigenvalue weighted by atomic mass is 127. The standard InChI is InChI=1S/C21H15IN2O3/c1-26-18-8-3-2-7-16(18)20(25)23-15-9-10-19-17(12-15)24-21(27-19)13-5-4-6-14(22)11-13/h2-12H,1H3,(H,23,25). The summed E-state index contributed by atoms with van der Waals surface area (Å²) in [4.78, 5) is 17.1. The minimum absolute atomic E-state index is 0.242. The average molecular weight is 470 g/mol. The molecular formula is C21H15IN2O3. The van der Waals surface area contributed by atoms with Crippen molar-refractivity contribution in [3.05, 3.63) is 75.9 Å². The second kappa shape index (κ2) is 7.40. The van der Waals surface area contributed by atoms with Crippen LogP contribution in [0.3, 0.4) is 0 Å². The van der Waals surface area contributed by atoms with Crippen LogP contribution in [0, 0.1) is 3.57 Å². The number of rotatable bonds is 4. The van der Waals surface area contributed by atoms with Crippen LogP contribution in [-0.4, -0.2) is 18.0 Å². The van der Waals surface area contributed by atoms with E-state index in [2.05, 4.69) is 32.9 Å². The number of hydrogen-bond acceptors (Lipinski definition) is 4. The first-order valence-electron chi connectivity index (χ1n) is 8.25. The Labute approximate surface area is 169 Å². The fourth-order valence-corrected chi connectivity index (χ4v) is 3.32. The lowest BCUT2D eigenvalue weighted by Gasteiger charge is -2.08. The van der Waals surface area contributed by atoms with E-state index in [4.69, 9.17) is 9.15 Å². The van der Waals surface area contributed by atoms with Crippen LogP contribution in [0.5, 0.6) is 5.75 Å². The molecular weight excluding hydrogens is 455 g/mol. The van der Waals surface area contributed by atoms with Gasteiger partial charge in [0.2, 0.25) is 5.89 Å². The van der Waals surface area contributed by atoms with E-state index in [0.29, 0.717) is 34.0 Å². The van der Waals surface area contributed by atoms with Gasteiger partial charge >= 0.3 is 0 Å². The van der Waals surface area contributed by atoms with Gasteiger partial charge in [-0.05, 0) is 71.1 Å². The van der Waals surface area contributed by atoms with E-state index in [0.717, 1.165) is 9.13 Å². The Balaban J connectivity index is 1.63. The van der Waals surface area contributed by atoms with Crippen molar-refractivity contribution in [3.8, 4) is 17.2 Å². The van der Waals surface area contributed by atoms with Gasteiger partial charge in [-0.2, -0.15) is 0 Å². The lowest BCUT2D eigenvalue weighted by Crippen LogP contribution is -2.13. The topological polar surface area (TPSA) is 64.4 Å². The second-order valence-electron chi connectivity index (χ2n) is 5.87. The first kappa shape index (κ1) is 17.5. The van der Waals surface area contributed by atoms with E-state index < -0.39 is 0 Å². The molecule has 0 radical (unpaired) electrons. The highest BCUT2D eigenvalue weighted by Crippen LogP contribution is 2.27. The highest BCUT2D eigenvalue weighted by Gasteiger charge is 2.13. The van der Waals surface area contributed by atoms with Crippen LogP contribution in [0.15, 0.2) is 71.1 Å². The van der Waals surface area contributed by atoms with Gasteiger partial charge < -0.3 is 14.5 Å². The minimum Gasteiger partial charge on any atom is -0.496 e. The van der Waals surface area contributed by atoms with E-state index in [1.807, 2.05) is 30.3 Å². The number of nitrogens with one attached hydrogen (secondary N) is 1. The van der Waals surface area contributed by atoms with E-state index in [1.165, 1.54) is 0 Å². The Bertz CT molecular complexity index is 1140. The number of carbonyl (C=O) groups excluding carboxylic acids is 1. The molecule has 0 aliphatic carbocycles. The van der Waals surface area contributed by atoms with E-state index in [-0.39, 0.29) is 5.91 Å². The predicted octanol–water partition coefficient (Wildman–Crippen LogP) is 5.36. The number of methoxy groups -OCH3 is 1. The van der Waals surface area contributed by atoms with Gasteiger partial charge in [-0.1, -0.05) is 18.2 Å². The maximum atomic E-state index is 12.6. The van der Waals surface area contributed by atoms with Gasteiger partial charge in [0.1, 0.15) is 11.3 Å². The van der Waals surface area contributed by atoms with Gasteiger partial charge in [-0.15, -0.1) is 0 Å². The van der Waals surface area contributed by atoms with Crippen LogP contribution >= 0.6 is 22.6 Å². The van der Waals surface area contributed by atoms with Crippen LogP contribution < -0.4 is 10.1 Å². The summed E-state index contributed by atoms with van der Waals surface area (Å²) in [6.07, 6.45) is 0. The summed E-state index contributed by atoms with van der Waals surface area (Å²) in [5.41, 5.74) is 3.37. The van der Waals surface area contributed by atoms with Crippen molar-refractivity contribution in [2.24, 2.45) is 0 Å². The third-order valence-electron chi connectivity index (χ3n) is 4.07. The summed E-state index contributed by atoms with van der Waals surface area (Å²) >= 11 is 2.25. The van der Waals surface area contributed by atoms with Crippen molar-refractivity contribution in [1.29, 1.82) is 0 Å². The predicted molar refractivity (Wildman–Crippen MR) is 113 cm³/mol. The summed E-state index contributed by atoms with van der Waals surface area (Å²) in [5.74, 6) is 0.836. The summed E-state index contributed by atoms with van der Waals surface area (Å²) in [7, 11) is 1.54. The van der Waals surface area contributed by atoms with Gasteiger partial charge in [0.25, 0.3) is 5.91 Å². The zero-order chi connectivity index (χ0) is 18.8. The van der Waals surface area contributed by atoms with Gasteiger partial charge in [-0.3, -0.25) is 4.79 Å². The van der Waals surface area contributed by atoms with Crippen molar-refractivity contribution >= 4 is 45.3 Å². The largest absolute Gasteiger partial charge is 0.496 e. The van der Waals surface area contributed by atoms with E-state index in [1.54, 1.807) is 43.5 Å². The first-order valence-corrected chi connectivity index (χ1v) is 9.33. The van der Waals surface area contributed by atoms with Gasteiger partial charge in [0, 0.05) is 14.8 Å². The fourth-order valence-electron chi connectivity index (χ4n) is 2.78. The number of ether oxygens (including phenoxy) is 1. The summed E-state index contributed by atoms with van der Waals surface area (Å²) < 4.78 is 12.2. The molecule has 1 amide bonds. The number of anilines is 1. The lowest BCUT2D eigenvalue weighted by atomic mass is 10.2. The quantitative estimate of drug-likeness (QED) is 0.408. The fraction of sp³-hybridized carbons (Fsp3) is 0.0476. The molecule has 0 fully saturated rings. The Morgan fingerprint density at radius 2 is 1.93 bits per heavy atom. The Kier molecular flexibility index (Phi) is 4.81. The molecule has 0 aliphatic heterocycles. The highest BCUT2D eigenvalue weighted by molar-refractivity contribution is 14.1. The molecule has 0 atom stereocenters. The van der Waals surface area contributed by atoms with Crippen molar-refractivity contribution in [3.63, 3.8) is 0 Å². The lowest BCUT2D eigenvalue weighted by molar-refractivity contribution is 0.102. The van der Waals surface area contributed by atoms with Crippen LogP contribution in [0.2, 0.25) is 0 Å². The minimum atomic E-state index is -0.242. The molecule has 0 bridgehead atoms. The Morgan fingerprint density at radius 3 is 2.74 bits per heavy atom. The molecule has 5 nitrogen and oxygen atoms in total. The third-order valence-corrected chi connectivity index (χ3v) is 4.74. The number of oxazole rings is 1. The maximum absolute atomic E-state index is 12.6. The smallest absolute Gasteiger partial charge is 0.259 e. The average Bonchev–Trinajstić information content (AvgIpc) is 3.11. The monoisotopic (exact) mass is 470 g/mol. The normalized spacial score (nSPS) is 10.7. The molecule has 4 aromatic rings.